The Hall–Kier alpha value is -4.85. The molecule has 0 aliphatic carbocycles. The van der Waals surface area contributed by atoms with Crippen LogP contribution in [-0.2, 0) is 10.0 Å². The Balaban J connectivity index is 1.83. The molecule has 0 unspecified atom stereocenters. The Morgan fingerprint density at radius 3 is 2.00 bits per heavy atom. The van der Waals surface area contributed by atoms with E-state index in [9.17, 15) is 18.5 Å². The van der Waals surface area contributed by atoms with Crippen LogP contribution in [0.5, 0.6) is 0 Å². The van der Waals surface area contributed by atoms with Crippen molar-refractivity contribution in [3.8, 4) is 23.8 Å². The molecule has 0 aliphatic heterocycles. The Morgan fingerprint density at radius 1 is 0.722 bits per heavy atom. The number of nitro groups is 1. The van der Waals surface area contributed by atoms with E-state index >= 15 is 0 Å². The van der Waals surface area contributed by atoms with Gasteiger partial charge in [-0.25, -0.2) is 8.42 Å². The van der Waals surface area contributed by atoms with Crippen LogP contribution in [0.4, 0.5) is 11.4 Å². The summed E-state index contributed by atoms with van der Waals surface area (Å²) in [5.41, 5.74) is 2.85. The molecule has 0 radical (unpaired) electrons. The van der Waals surface area contributed by atoms with Crippen molar-refractivity contribution in [2.45, 2.75) is 11.8 Å². The van der Waals surface area contributed by atoms with E-state index in [0.717, 1.165) is 15.4 Å². The van der Waals surface area contributed by atoms with Crippen molar-refractivity contribution < 1.29 is 13.3 Å². The van der Waals surface area contributed by atoms with Crippen molar-refractivity contribution >= 4 is 21.4 Å². The van der Waals surface area contributed by atoms with Crippen LogP contribution in [0.1, 0.15) is 22.3 Å². The average molecular weight is 493 g/mol. The third kappa shape index (κ3) is 5.61. The molecule has 0 N–H and O–H groups in total. The van der Waals surface area contributed by atoms with E-state index in [1.165, 1.54) is 36.4 Å². The van der Waals surface area contributed by atoms with Crippen LogP contribution < -0.4 is 4.31 Å². The topological polar surface area (TPSA) is 80.5 Å². The molecule has 0 fully saturated rings. The van der Waals surface area contributed by atoms with Gasteiger partial charge in [-0.05, 0) is 61.4 Å². The van der Waals surface area contributed by atoms with Gasteiger partial charge in [-0.2, -0.15) is 4.31 Å². The number of non-ortho nitro benzene ring substituents is 1. The first kappa shape index (κ1) is 24.3. The first-order valence-corrected chi connectivity index (χ1v) is 12.3. The molecule has 0 aromatic heterocycles. The van der Waals surface area contributed by atoms with Crippen molar-refractivity contribution in [2.24, 2.45) is 0 Å². The van der Waals surface area contributed by atoms with Gasteiger partial charge in [0.15, 0.2) is 0 Å². The van der Waals surface area contributed by atoms with Gasteiger partial charge >= 0.3 is 0 Å². The Labute approximate surface area is 210 Å². The van der Waals surface area contributed by atoms with Gasteiger partial charge in [0, 0.05) is 29.3 Å². The van der Waals surface area contributed by atoms with Gasteiger partial charge < -0.3 is 0 Å². The summed E-state index contributed by atoms with van der Waals surface area (Å²) >= 11 is 0. The van der Waals surface area contributed by atoms with Crippen molar-refractivity contribution in [3.63, 3.8) is 0 Å². The molecule has 176 valence electrons. The van der Waals surface area contributed by atoms with Crippen LogP contribution in [0.15, 0.2) is 108 Å². The van der Waals surface area contributed by atoms with Gasteiger partial charge in [-0.3, -0.25) is 10.1 Å². The predicted molar refractivity (Wildman–Crippen MR) is 140 cm³/mol. The second-order valence-corrected chi connectivity index (χ2v) is 9.54. The smallest absolute Gasteiger partial charge is 0.258 e. The molecule has 4 aromatic rings. The molecule has 0 saturated heterocycles. The number of nitro benzene ring substituents is 1. The normalized spacial score (nSPS) is 10.4. The SMILES string of the molecule is Cc1ccc(S(=O)(=O)N(C#Cc2ccc([N+](=O)[O-])cc2)c2ccccc2C#Cc2ccccc2)cc1. The molecule has 4 rings (SSSR count). The van der Waals surface area contributed by atoms with Crippen LogP contribution >= 0.6 is 0 Å². The lowest BCUT2D eigenvalue weighted by molar-refractivity contribution is -0.384. The second kappa shape index (κ2) is 10.6. The minimum atomic E-state index is -4.08. The molecular weight excluding hydrogens is 472 g/mol. The maximum Gasteiger partial charge on any atom is 0.275 e. The Kier molecular flexibility index (Phi) is 7.15. The largest absolute Gasteiger partial charge is 0.275 e. The summed E-state index contributed by atoms with van der Waals surface area (Å²) in [6.07, 6.45) is 0. The van der Waals surface area contributed by atoms with Gasteiger partial charge in [0.25, 0.3) is 15.7 Å². The molecule has 0 saturated carbocycles. The van der Waals surface area contributed by atoms with Gasteiger partial charge in [0.05, 0.1) is 21.1 Å². The fourth-order valence-electron chi connectivity index (χ4n) is 3.26. The molecule has 0 heterocycles. The quantitative estimate of drug-likeness (QED) is 0.163. The molecule has 0 bridgehead atoms. The number of anilines is 1. The monoisotopic (exact) mass is 492 g/mol. The lowest BCUT2D eigenvalue weighted by Crippen LogP contribution is -2.27. The highest BCUT2D eigenvalue weighted by Crippen LogP contribution is 2.27. The molecule has 7 heteroatoms. The van der Waals surface area contributed by atoms with Crippen LogP contribution in [-0.4, -0.2) is 13.3 Å². The van der Waals surface area contributed by atoms with E-state index in [2.05, 4.69) is 23.8 Å². The van der Waals surface area contributed by atoms with Gasteiger partial charge in [-0.15, -0.1) is 0 Å². The van der Waals surface area contributed by atoms with E-state index in [1.807, 2.05) is 37.3 Å². The fourth-order valence-corrected chi connectivity index (χ4v) is 4.54. The standard InChI is InChI=1S/C29H20N2O4S/c1-23-11-19-28(20-12-23)36(34,35)30(22-21-25-14-17-27(18-15-25)31(32)33)29-10-6-5-9-26(29)16-13-24-7-3-2-4-8-24/h2-12,14-15,17-20H,1H3. The Bertz CT molecular complexity index is 1620. The van der Waals surface area contributed by atoms with Crippen molar-refractivity contribution in [1.82, 2.24) is 0 Å². The van der Waals surface area contributed by atoms with Crippen molar-refractivity contribution in [1.29, 1.82) is 0 Å². The van der Waals surface area contributed by atoms with Crippen molar-refractivity contribution in [3.05, 3.63) is 135 Å². The molecular formula is C29H20N2O4S. The summed E-state index contributed by atoms with van der Waals surface area (Å²) in [6.45, 7) is 1.87. The summed E-state index contributed by atoms with van der Waals surface area (Å²) in [4.78, 5) is 10.5. The van der Waals surface area contributed by atoms with E-state index in [0.29, 0.717) is 16.8 Å². The fraction of sp³-hybridized carbons (Fsp3) is 0.0345. The van der Waals surface area contributed by atoms with E-state index in [1.54, 1.807) is 36.4 Å². The molecule has 0 amide bonds. The molecule has 0 atom stereocenters. The summed E-state index contributed by atoms with van der Waals surface area (Å²) in [5, 5.41) is 10.9. The van der Waals surface area contributed by atoms with Crippen LogP contribution in [0.2, 0.25) is 0 Å². The first-order chi connectivity index (χ1) is 17.3. The number of hydrogen-bond acceptors (Lipinski definition) is 4. The zero-order chi connectivity index (χ0) is 25.5. The molecule has 6 nitrogen and oxygen atoms in total. The summed E-state index contributed by atoms with van der Waals surface area (Å²) < 4.78 is 28.5. The van der Waals surface area contributed by atoms with Crippen LogP contribution in [0.3, 0.4) is 0 Å². The summed E-state index contributed by atoms with van der Waals surface area (Å²) in [6, 6.07) is 31.1. The number of rotatable bonds is 4. The van der Waals surface area contributed by atoms with Crippen molar-refractivity contribution in [2.75, 3.05) is 4.31 Å². The lowest BCUT2D eigenvalue weighted by Gasteiger charge is -2.19. The van der Waals surface area contributed by atoms with Gasteiger partial charge in [-0.1, -0.05) is 59.9 Å². The van der Waals surface area contributed by atoms with Gasteiger partial charge in [0.1, 0.15) is 0 Å². The second-order valence-electron chi connectivity index (χ2n) is 7.76. The summed E-state index contributed by atoms with van der Waals surface area (Å²) in [7, 11) is -4.08. The maximum absolute atomic E-state index is 13.7. The van der Waals surface area contributed by atoms with Gasteiger partial charge in [0.2, 0.25) is 0 Å². The number of hydrogen-bond donors (Lipinski definition) is 0. The third-order valence-corrected chi connectivity index (χ3v) is 6.81. The predicted octanol–water partition coefficient (Wildman–Crippen LogP) is 5.51. The number of sulfonamides is 1. The highest BCUT2D eigenvalue weighted by atomic mass is 32.2. The zero-order valence-corrected chi connectivity index (χ0v) is 20.1. The zero-order valence-electron chi connectivity index (χ0n) is 19.3. The summed E-state index contributed by atoms with van der Waals surface area (Å²) in [5.74, 6) is 8.95. The maximum atomic E-state index is 13.7. The molecule has 4 aromatic carbocycles. The Morgan fingerprint density at radius 2 is 1.33 bits per heavy atom. The van der Waals surface area contributed by atoms with E-state index in [-0.39, 0.29) is 10.6 Å². The highest BCUT2D eigenvalue weighted by molar-refractivity contribution is 7.93. The number of benzene rings is 4. The van der Waals surface area contributed by atoms with E-state index in [4.69, 9.17) is 0 Å². The highest BCUT2D eigenvalue weighted by Gasteiger charge is 2.25. The average Bonchev–Trinajstić information content (AvgIpc) is 2.89. The number of nitrogens with zero attached hydrogens (tertiary/aromatic N) is 2. The first-order valence-electron chi connectivity index (χ1n) is 10.9. The lowest BCUT2D eigenvalue weighted by atomic mass is 10.1. The van der Waals surface area contributed by atoms with E-state index < -0.39 is 14.9 Å². The van der Waals surface area contributed by atoms with Crippen LogP contribution in [0.25, 0.3) is 0 Å². The molecule has 0 aliphatic rings. The van der Waals surface area contributed by atoms with Crippen LogP contribution in [0, 0.1) is 40.8 Å². The minimum Gasteiger partial charge on any atom is -0.258 e. The number of aryl methyl sites for hydroxylation is 1. The number of para-hydroxylation sites is 1. The third-order valence-electron chi connectivity index (χ3n) is 5.18. The molecule has 0 spiro atoms. The minimum absolute atomic E-state index is 0.0776. The molecule has 36 heavy (non-hydrogen) atoms.